The van der Waals surface area contributed by atoms with Crippen molar-refractivity contribution in [2.75, 3.05) is 13.2 Å². The molecule has 1 heterocycles. The van der Waals surface area contributed by atoms with Crippen LogP contribution in [0.15, 0.2) is 12.7 Å². The summed E-state index contributed by atoms with van der Waals surface area (Å²) in [7, 11) is 0. The van der Waals surface area contributed by atoms with Gasteiger partial charge in [-0.15, -0.1) is 0 Å². The predicted molar refractivity (Wildman–Crippen MR) is 35.9 cm³/mol. The highest BCUT2D eigenvalue weighted by Crippen LogP contribution is 2.08. The van der Waals surface area contributed by atoms with Gasteiger partial charge in [0.25, 0.3) is 0 Å². The molecule has 0 aromatic carbocycles. The van der Waals surface area contributed by atoms with Crippen molar-refractivity contribution in [2.24, 2.45) is 0 Å². The third-order valence-corrected chi connectivity index (χ3v) is 0.981. The van der Waals surface area contributed by atoms with E-state index in [0.29, 0.717) is 13.2 Å². The molecule has 1 rings (SSSR count). The van der Waals surface area contributed by atoms with Gasteiger partial charge in [0, 0.05) is 6.08 Å². The van der Waals surface area contributed by atoms with Crippen LogP contribution in [-0.4, -0.2) is 25.3 Å². The summed E-state index contributed by atoms with van der Waals surface area (Å²) in [6.07, 6.45) is 1.29. The van der Waals surface area contributed by atoms with Gasteiger partial charge in [-0.1, -0.05) is 6.58 Å². The number of hydrogen-bond acceptors (Lipinski definition) is 4. The van der Waals surface area contributed by atoms with Gasteiger partial charge in [-0.3, -0.25) is 0 Å². The zero-order valence-corrected chi connectivity index (χ0v) is 5.71. The second-order valence-electron chi connectivity index (χ2n) is 1.79. The minimum Gasteiger partial charge on any atom is -0.460 e. The highest BCUT2D eigenvalue weighted by molar-refractivity contribution is 5.81. The summed E-state index contributed by atoms with van der Waals surface area (Å²) in [5, 5.41) is 0. The van der Waals surface area contributed by atoms with E-state index in [1.54, 1.807) is 0 Å². The average molecular weight is 145 g/mol. The first-order valence-electron chi connectivity index (χ1n) is 2.73. The lowest BCUT2D eigenvalue weighted by Crippen LogP contribution is -2.06. The fourth-order valence-corrected chi connectivity index (χ4v) is 0.398. The Morgan fingerprint density at radius 1 is 1.90 bits per heavy atom. The Morgan fingerprint density at radius 2 is 2.50 bits per heavy atom. The summed E-state index contributed by atoms with van der Waals surface area (Å²) < 4.78 is 9.42. The molecule has 1 atom stereocenters. The zero-order chi connectivity index (χ0) is 6.69. The lowest BCUT2D eigenvalue weighted by molar-refractivity contribution is -0.138. The molecule has 0 saturated carbocycles. The van der Waals surface area contributed by atoms with Gasteiger partial charge in [0.1, 0.15) is 12.7 Å². The van der Waals surface area contributed by atoms with Gasteiger partial charge in [-0.2, -0.15) is 0 Å². The molecule has 1 unspecified atom stereocenters. The number of epoxide rings is 1. The Balaban J connectivity index is 0.000000810. The van der Waals surface area contributed by atoms with Crippen LogP contribution in [-0.2, 0) is 14.3 Å². The van der Waals surface area contributed by atoms with Crippen molar-refractivity contribution in [1.29, 1.82) is 0 Å². The Bertz CT molecular complexity index is 131. The van der Waals surface area contributed by atoms with Crippen molar-refractivity contribution in [3.63, 3.8) is 0 Å². The van der Waals surface area contributed by atoms with E-state index in [4.69, 9.17) is 4.74 Å². The molecule has 0 radical (unpaired) electrons. The summed E-state index contributed by atoms with van der Waals surface area (Å²) in [6.45, 7) is 4.32. The molecule has 0 aromatic heterocycles. The van der Waals surface area contributed by atoms with E-state index in [2.05, 4.69) is 11.3 Å². The number of esters is 1. The monoisotopic (exact) mass is 145 g/mol. The van der Waals surface area contributed by atoms with E-state index in [0.717, 1.165) is 6.08 Å². The van der Waals surface area contributed by atoms with Crippen LogP contribution in [0.2, 0.25) is 0 Å². The van der Waals surface area contributed by atoms with Gasteiger partial charge in [0.05, 0.1) is 6.61 Å². The molecule has 1 fully saturated rings. The first kappa shape index (κ1) is 9.13. The minimum absolute atomic E-state index is 0. The Kier molecular flexibility index (Phi) is 3.68. The Morgan fingerprint density at radius 3 is 2.90 bits per heavy atom. The molecule has 0 spiro atoms. The molecule has 0 bridgehead atoms. The van der Waals surface area contributed by atoms with E-state index in [1.807, 2.05) is 0 Å². The Hall–Kier alpha value is -0.870. The topological polar surface area (TPSA) is 73.8 Å². The zero-order valence-electron chi connectivity index (χ0n) is 5.71. The summed E-state index contributed by atoms with van der Waals surface area (Å²) >= 11 is 0. The van der Waals surface area contributed by atoms with E-state index in [1.165, 1.54) is 0 Å². The maximum atomic E-state index is 10.3. The van der Waals surface area contributed by atoms with Crippen LogP contribution in [0.25, 0.3) is 0 Å². The normalized spacial score (nSPS) is 20.6. The highest BCUT2D eigenvalue weighted by Gasteiger charge is 2.23. The molecule has 0 aliphatic carbocycles. The van der Waals surface area contributed by atoms with E-state index in [9.17, 15) is 4.79 Å². The third-order valence-electron chi connectivity index (χ3n) is 0.981. The summed E-state index contributed by atoms with van der Waals surface area (Å²) in [4.78, 5) is 10.3. The molecule has 4 nitrogen and oxygen atoms in total. The first-order valence-corrected chi connectivity index (χ1v) is 2.73. The molecule has 10 heavy (non-hydrogen) atoms. The lowest BCUT2D eigenvalue weighted by Gasteiger charge is -1.94. The number of ether oxygens (including phenoxy) is 2. The number of rotatable bonds is 3. The van der Waals surface area contributed by atoms with Crippen molar-refractivity contribution >= 4 is 5.97 Å². The maximum absolute atomic E-state index is 10.3. The lowest BCUT2D eigenvalue weighted by atomic mass is 10.5. The molecule has 1 aliphatic heterocycles. The van der Waals surface area contributed by atoms with Crippen LogP contribution < -0.4 is 6.15 Å². The molecular formula is C6H11NO3. The van der Waals surface area contributed by atoms with Gasteiger partial charge in [0.2, 0.25) is 0 Å². The summed E-state index contributed by atoms with van der Waals surface area (Å²) in [5.41, 5.74) is 0. The summed E-state index contributed by atoms with van der Waals surface area (Å²) in [6, 6.07) is 0. The molecule has 1 saturated heterocycles. The molecular weight excluding hydrogens is 134 g/mol. The van der Waals surface area contributed by atoms with Crippen LogP contribution >= 0.6 is 0 Å². The fourth-order valence-electron chi connectivity index (χ4n) is 0.398. The SMILES string of the molecule is C=CC(=O)OCC1CO1.N. The van der Waals surface area contributed by atoms with Gasteiger partial charge in [-0.25, -0.2) is 4.79 Å². The van der Waals surface area contributed by atoms with E-state index >= 15 is 0 Å². The van der Waals surface area contributed by atoms with E-state index < -0.39 is 0 Å². The van der Waals surface area contributed by atoms with Crippen LogP contribution in [0, 0.1) is 0 Å². The van der Waals surface area contributed by atoms with Gasteiger partial charge in [-0.05, 0) is 0 Å². The van der Waals surface area contributed by atoms with Gasteiger partial charge < -0.3 is 15.6 Å². The van der Waals surface area contributed by atoms with Crippen molar-refractivity contribution < 1.29 is 14.3 Å². The predicted octanol–water partition coefficient (Wildman–Crippen LogP) is 0.276. The third kappa shape index (κ3) is 3.21. The first-order chi connectivity index (χ1) is 4.33. The van der Waals surface area contributed by atoms with Crippen LogP contribution in [0.1, 0.15) is 0 Å². The second kappa shape index (κ2) is 4.03. The van der Waals surface area contributed by atoms with Gasteiger partial charge >= 0.3 is 5.97 Å². The van der Waals surface area contributed by atoms with E-state index in [-0.39, 0.29) is 18.2 Å². The van der Waals surface area contributed by atoms with Crippen molar-refractivity contribution in [3.8, 4) is 0 Å². The molecule has 0 amide bonds. The molecule has 0 aromatic rings. The minimum atomic E-state index is -0.384. The molecule has 1 aliphatic rings. The standard InChI is InChI=1S/C6H8O3.H3N/c1-2-6(7)9-4-5-3-8-5;/h2,5H,1,3-4H2;1H3. The number of carbonyl (C=O) groups excluding carboxylic acids is 1. The fraction of sp³-hybridized carbons (Fsp3) is 0.500. The molecule has 3 N–H and O–H groups in total. The van der Waals surface area contributed by atoms with Crippen LogP contribution in [0.3, 0.4) is 0 Å². The van der Waals surface area contributed by atoms with Crippen LogP contribution in [0.5, 0.6) is 0 Å². The Labute approximate surface area is 59.4 Å². The largest absolute Gasteiger partial charge is 0.460 e. The smallest absolute Gasteiger partial charge is 0.330 e. The van der Waals surface area contributed by atoms with Crippen molar-refractivity contribution in [2.45, 2.75) is 6.10 Å². The van der Waals surface area contributed by atoms with Gasteiger partial charge in [0.15, 0.2) is 0 Å². The molecule has 4 heteroatoms. The van der Waals surface area contributed by atoms with Crippen molar-refractivity contribution in [1.82, 2.24) is 6.15 Å². The van der Waals surface area contributed by atoms with Crippen LogP contribution in [0.4, 0.5) is 0 Å². The average Bonchev–Trinajstić information content (AvgIpc) is 2.65. The summed E-state index contributed by atoms with van der Waals surface area (Å²) in [5.74, 6) is -0.384. The number of hydrogen-bond donors (Lipinski definition) is 1. The molecule has 58 valence electrons. The number of carbonyl (C=O) groups is 1. The highest BCUT2D eigenvalue weighted by atomic mass is 16.6. The second-order valence-corrected chi connectivity index (χ2v) is 1.79. The van der Waals surface area contributed by atoms with Crippen molar-refractivity contribution in [3.05, 3.63) is 12.7 Å². The maximum Gasteiger partial charge on any atom is 0.330 e. The quantitative estimate of drug-likeness (QED) is 0.351.